The van der Waals surface area contributed by atoms with E-state index in [2.05, 4.69) is 20.8 Å². The monoisotopic (exact) mass is 355 g/mol. The fourth-order valence-electron chi connectivity index (χ4n) is 3.29. The van der Waals surface area contributed by atoms with Crippen LogP contribution in [-0.4, -0.2) is 35.7 Å². The summed E-state index contributed by atoms with van der Waals surface area (Å²) in [6, 6.07) is 7.60. The molecule has 1 aliphatic carbocycles. The van der Waals surface area contributed by atoms with E-state index in [0.717, 1.165) is 53.8 Å². The van der Waals surface area contributed by atoms with Gasteiger partial charge in [-0.05, 0) is 43.4 Å². The summed E-state index contributed by atoms with van der Waals surface area (Å²) in [4.78, 5) is 24.1. The molecular formula is C19H25N5O2. The van der Waals surface area contributed by atoms with Crippen LogP contribution in [-0.2, 0) is 17.6 Å². The minimum atomic E-state index is -0.0853. The largest absolute Gasteiger partial charge is 0.329 e. The van der Waals surface area contributed by atoms with E-state index in [4.69, 9.17) is 5.73 Å². The van der Waals surface area contributed by atoms with Crippen molar-refractivity contribution < 1.29 is 4.79 Å². The van der Waals surface area contributed by atoms with Crippen LogP contribution >= 0.6 is 0 Å². The van der Waals surface area contributed by atoms with Gasteiger partial charge in [0.1, 0.15) is 0 Å². The standard InChI is InChI=1S/C19H25N5O2/c20-9-11-21-10-8-17(25)22-14-5-3-4-13(12-14)18-15-6-1-2-7-16(15)19(26)24-23-18/h3-5,12,21H,1-2,6-11,20H2,(H,22,25)(H,24,26). The Morgan fingerprint density at radius 2 is 2.00 bits per heavy atom. The molecule has 26 heavy (non-hydrogen) atoms. The average molecular weight is 355 g/mol. The molecule has 0 fully saturated rings. The molecule has 138 valence electrons. The van der Waals surface area contributed by atoms with Gasteiger partial charge in [-0.2, -0.15) is 5.10 Å². The molecule has 7 nitrogen and oxygen atoms in total. The second-order valence-electron chi connectivity index (χ2n) is 6.48. The summed E-state index contributed by atoms with van der Waals surface area (Å²) in [5, 5.41) is 12.9. The molecule has 7 heteroatoms. The van der Waals surface area contributed by atoms with E-state index in [0.29, 0.717) is 26.1 Å². The topological polar surface area (TPSA) is 113 Å². The van der Waals surface area contributed by atoms with Crippen molar-refractivity contribution in [3.63, 3.8) is 0 Å². The number of aromatic amines is 1. The maximum Gasteiger partial charge on any atom is 0.267 e. The first kappa shape index (κ1) is 18.3. The highest BCUT2D eigenvalue weighted by atomic mass is 16.1. The quantitative estimate of drug-likeness (QED) is 0.557. The lowest BCUT2D eigenvalue weighted by molar-refractivity contribution is -0.116. The number of nitrogens with one attached hydrogen (secondary N) is 3. The summed E-state index contributed by atoms with van der Waals surface area (Å²) in [6.07, 6.45) is 4.15. The van der Waals surface area contributed by atoms with E-state index in [-0.39, 0.29) is 11.5 Å². The Balaban J connectivity index is 1.76. The Hall–Kier alpha value is -2.51. The van der Waals surface area contributed by atoms with Gasteiger partial charge in [-0.15, -0.1) is 0 Å². The van der Waals surface area contributed by atoms with Gasteiger partial charge in [0, 0.05) is 42.9 Å². The zero-order valence-electron chi connectivity index (χ0n) is 14.8. The zero-order chi connectivity index (χ0) is 18.4. The maximum atomic E-state index is 12.1. The molecule has 5 N–H and O–H groups in total. The normalized spacial score (nSPS) is 13.3. The number of benzene rings is 1. The predicted octanol–water partition coefficient (Wildman–Crippen LogP) is 1.19. The van der Waals surface area contributed by atoms with Gasteiger partial charge in [-0.1, -0.05) is 12.1 Å². The predicted molar refractivity (Wildman–Crippen MR) is 102 cm³/mol. The Morgan fingerprint density at radius 3 is 2.81 bits per heavy atom. The highest BCUT2D eigenvalue weighted by Crippen LogP contribution is 2.29. The van der Waals surface area contributed by atoms with Gasteiger partial charge < -0.3 is 16.4 Å². The maximum absolute atomic E-state index is 12.1. The second kappa shape index (κ2) is 8.73. The summed E-state index contributed by atoms with van der Waals surface area (Å²) in [5.74, 6) is -0.0527. The highest BCUT2D eigenvalue weighted by Gasteiger charge is 2.19. The van der Waals surface area contributed by atoms with Gasteiger partial charge in [-0.3, -0.25) is 9.59 Å². The number of fused-ring (bicyclic) bond motifs is 1. The molecule has 0 bridgehead atoms. The molecule has 0 unspecified atom stereocenters. The molecule has 0 saturated carbocycles. The molecule has 1 aliphatic rings. The van der Waals surface area contributed by atoms with Crippen molar-refractivity contribution in [3.8, 4) is 11.3 Å². The van der Waals surface area contributed by atoms with Crippen molar-refractivity contribution in [1.82, 2.24) is 15.5 Å². The second-order valence-corrected chi connectivity index (χ2v) is 6.48. The van der Waals surface area contributed by atoms with E-state index in [1.54, 1.807) is 0 Å². The third-order valence-electron chi connectivity index (χ3n) is 4.57. The van der Waals surface area contributed by atoms with Crippen LogP contribution in [0.2, 0.25) is 0 Å². The van der Waals surface area contributed by atoms with Crippen molar-refractivity contribution in [2.75, 3.05) is 25.0 Å². The van der Waals surface area contributed by atoms with Crippen molar-refractivity contribution in [3.05, 3.63) is 45.7 Å². The smallest absolute Gasteiger partial charge is 0.267 e. The number of nitrogens with two attached hydrogens (primary N) is 1. The zero-order valence-corrected chi connectivity index (χ0v) is 14.8. The number of nitrogens with zero attached hydrogens (tertiary/aromatic N) is 1. The molecule has 0 saturated heterocycles. The molecule has 1 aromatic heterocycles. The molecule has 1 heterocycles. The van der Waals surface area contributed by atoms with Gasteiger partial charge in [-0.25, -0.2) is 5.10 Å². The number of hydrogen-bond donors (Lipinski definition) is 4. The Labute approximate surface area is 152 Å². The molecule has 1 aromatic carbocycles. The number of rotatable bonds is 7. The highest BCUT2D eigenvalue weighted by molar-refractivity contribution is 5.91. The summed E-state index contributed by atoms with van der Waals surface area (Å²) in [6.45, 7) is 1.85. The van der Waals surface area contributed by atoms with Crippen molar-refractivity contribution in [2.45, 2.75) is 32.1 Å². The van der Waals surface area contributed by atoms with Crippen LogP contribution in [0.15, 0.2) is 29.1 Å². The summed E-state index contributed by atoms with van der Waals surface area (Å²) < 4.78 is 0. The molecule has 2 aromatic rings. The Bertz CT molecular complexity index is 831. The first-order valence-corrected chi connectivity index (χ1v) is 9.10. The molecule has 0 radical (unpaired) electrons. The molecular weight excluding hydrogens is 330 g/mol. The minimum absolute atomic E-state index is 0.0527. The number of aromatic nitrogens is 2. The van der Waals surface area contributed by atoms with Gasteiger partial charge in [0.15, 0.2) is 0 Å². The molecule has 0 spiro atoms. The molecule has 0 aliphatic heterocycles. The number of amides is 1. The fraction of sp³-hybridized carbons (Fsp3) is 0.421. The van der Waals surface area contributed by atoms with Crippen LogP contribution in [0.5, 0.6) is 0 Å². The van der Waals surface area contributed by atoms with E-state index in [1.165, 1.54) is 0 Å². The number of H-pyrrole nitrogens is 1. The van der Waals surface area contributed by atoms with Crippen LogP contribution in [0.3, 0.4) is 0 Å². The van der Waals surface area contributed by atoms with E-state index < -0.39 is 0 Å². The molecule has 0 atom stereocenters. The summed E-state index contributed by atoms with van der Waals surface area (Å²) in [5.41, 5.74) is 9.64. The first-order valence-electron chi connectivity index (χ1n) is 9.10. The Morgan fingerprint density at radius 1 is 1.19 bits per heavy atom. The van der Waals surface area contributed by atoms with E-state index in [9.17, 15) is 9.59 Å². The van der Waals surface area contributed by atoms with Crippen molar-refractivity contribution in [1.29, 1.82) is 0 Å². The first-order chi connectivity index (χ1) is 12.7. The summed E-state index contributed by atoms with van der Waals surface area (Å²) in [7, 11) is 0. The van der Waals surface area contributed by atoms with Crippen molar-refractivity contribution in [2.24, 2.45) is 5.73 Å². The lowest BCUT2D eigenvalue weighted by Gasteiger charge is -2.17. The lowest BCUT2D eigenvalue weighted by atomic mass is 9.90. The summed E-state index contributed by atoms with van der Waals surface area (Å²) >= 11 is 0. The van der Waals surface area contributed by atoms with Crippen LogP contribution < -0.4 is 21.9 Å². The number of carbonyl (C=O) groups is 1. The van der Waals surface area contributed by atoms with Crippen LogP contribution in [0.25, 0.3) is 11.3 Å². The number of anilines is 1. The third kappa shape index (κ3) is 4.36. The van der Waals surface area contributed by atoms with Gasteiger partial charge in [0.2, 0.25) is 5.91 Å². The number of carbonyl (C=O) groups excluding carboxylic acids is 1. The third-order valence-corrected chi connectivity index (χ3v) is 4.57. The number of hydrogen-bond acceptors (Lipinski definition) is 5. The van der Waals surface area contributed by atoms with E-state index >= 15 is 0 Å². The average Bonchev–Trinajstić information content (AvgIpc) is 2.66. The van der Waals surface area contributed by atoms with Gasteiger partial charge in [0.25, 0.3) is 5.56 Å². The van der Waals surface area contributed by atoms with Crippen LogP contribution in [0.1, 0.15) is 30.4 Å². The minimum Gasteiger partial charge on any atom is -0.329 e. The molecule has 3 rings (SSSR count). The SMILES string of the molecule is NCCNCCC(=O)Nc1cccc(-c2n[nH]c(=O)c3c2CCCC3)c1. The van der Waals surface area contributed by atoms with Crippen molar-refractivity contribution >= 4 is 11.6 Å². The van der Waals surface area contributed by atoms with Gasteiger partial charge >= 0.3 is 0 Å². The Kier molecular flexibility index (Phi) is 6.14. The van der Waals surface area contributed by atoms with E-state index in [1.807, 2.05) is 24.3 Å². The van der Waals surface area contributed by atoms with Gasteiger partial charge in [0.05, 0.1) is 5.69 Å². The fourth-order valence-corrected chi connectivity index (χ4v) is 3.29. The molecule has 1 amide bonds. The van der Waals surface area contributed by atoms with Crippen LogP contribution in [0.4, 0.5) is 5.69 Å². The van der Waals surface area contributed by atoms with Crippen LogP contribution in [0, 0.1) is 0 Å². The lowest BCUT2D eigenvalue weighted by Crippen LogP contribution is -2.26.